The van der Waals surface area contributed by atoms with Crippen molar-refractivity contribution in [2.24, 2.45) is 0 Å². The van der Waals surface area contributed by atoms with E-state index in [1.807, 2.05) is 6.07 Å². The number of amides is 4. The number of hydrogen-bond acceptors (Lipinski definition) is 4. The van der Waals surface area contributed by atoms with Crippen molar-refractivity contribution in [3.8, 4) is 6.07 Å². The molecule has 1 heterocycles. The third-order valence-electron chi connectivity index (χ3n) is 5.17. The second-order valence-electron chi connectivity index (χ2n) is 7.63. The van der Waals surface area contributed by atoms with Gasteiger partial charge in [-0.05, 0) is 42.3 Å². The Labute approximate surface area is 186 Å². The number of carbonyl (C=O) groups is 3. The second-order valence-corrected chi connectivity index (χ2v) is 7.63. The molecule has 3 rings (SSSR count). The van der Waals surface area contributed by atoms with Gasteiger partial charge in [-0.15, -0.1) is 0 Å². The fourth-order valence-electron chi connectivity index (χ4n) is 3.41. The number of halogens is 4. The summed E-state index contributed by atoms with van der Waals surface area (Å²) in [5.41, 5.74) is -0.721. The molecule has 4 amide bonds. The highest BCUT2D eigenvalue weighted by Crippen LogP contribution is 2.29. The van der Waals surface area contributed by atoms with Gasteiger partial charge in [0.15, 0.2) is 0 Å². The van der Waals surface area contributed by atoms with Crippen molar-refractivity contribution in [2.75, 3.05) is 13.1 Å². The van der Waals surface area contributed by atoms with Crippen LogP contribution in [0.15, 0.2) is 48.5 Å². The van der Waals surface area contributed by atoms with Crippen molar-refractivity contribution in [1.82, 2.24) is 15.1 Å². The number of nitriles is 1. The Bertz CT molecular complexity index is 1110. The topological polar surface area (TPSA) is 93.5 Å². The van der Waals surface area contributed by atoms with Gasteiger partial charge in [-0.3, -0.25) is 14.5 Å². The minimum absolute atomic E-state index is 0.252. The molecular formula is C22H18F4N4O3. The molecule has 1 N–H and O–H groups in total. The molecule has 0 radical (unpaired) electrons. The number of rotatable bonds is 6. The van der Waals surface area contributed by atoms with E-state index in [4.69, 9.17) is 5.26 Å². The van der Waals surface area contributed by atoms with Gasteiger partial charge in [0.2, 0.25) is 5.91 Å². The number of imide groups is 1. The molecule has 1 fully saturated rings. The van der Waals surface area contributed by atoms with Crippen molar-refractivity contribution < 1.29 is 31.9 Å². The summed E-state index contributed by atoms with van der Waals surface area (Å²) in [6.45, 7) is -1.59. The molecule has 0 saturated carbocycles. The van der Waals surface area contributed by atoms with E-state index >= 15 is 0 Å². The van der Waals surface area contributed by atoms with Gasteiger partial charge in [-0.25, -0.2) is 9.18 Å². The smallest absolute Gasteiger partial charge is 0.328 e. The van der Waals surface area contributed by atoms with E-state index in [9.17, 15) is 31.9 Å². The van der Waals surface area contributed by atoms with Crippen LogP contribution in [0.25, 0.3) is 0 Å². The molecule has 1 unspecified atom stereocenters. The summed E-state index contributed by atoms with van der Waals surface area (Å²) in [6.07, 6.45) is -4.72. The summed E-state index contributed by atoms with van der Waals surface area (Å²) in [4.78, 5) is 39.1. The molecule has 0 spiro atoms. The zero-order valence-corrected chi connectivity index (χ0v) is 17.3. The highest BCUT2D eigenvalue weighted by Gasteiger charge is 2.50. The van der Waals surface area contributed by atoms with Crippen molar-refractivity contribution >= 4 is 17.8 Å². The summed E-state index contributed by atoms with van der Waals surface area (Å²) in [6, 6.07) is 11.3. The van der Waals surface area contributed by atoms with Gasteiger partial charge in [-0.2, -0.15) is 18.4 Å². The minimum Gasteiger partial charge on any atom is -0.328 e. The van der Waals surface area contributed by atoms with Crippen molar-refractivity contribution in [3.05, 3.63) is 71.0 Å². The van der Waals surface area contributed by atoms with E-state index in [0.29, 0.717) is 20.9 Å². The summed E-state index contributed by atoms with van der Waals surface area (Å²) >= 11 is 0. The van der Waals surface area contributed by atoms with Crippen LogP contribution in [0, 0.1) is 17.1 Å². The number of nitrogens with zero attached hydrogens (tertiary/aromatic N) is 3. The number of nitrogens with one attached hydrogen (secondary N) is 1. The monoisotopic (exact) mass is 462 g/mol. The van der Waals surface area contributed by atoms with E-state index in [1.165, 1.54) is 43.3 Å². The van der Waals surface area contributed by atoms with Crippen molar-refractivity contribution in [3.63, 3.8) is 0 Å². The van der Waals surface area contributed by atoms with Gasteiger partial charge in [0, 0.05) is 6.54 Å². The van der Waals surface area contributed by atoms with Crippen molar-refractivity contribution in [2.45, 2.75) is 25.2 Å². The quantitative estimate of drug-likeness (QED) is 0.528. The first-order chi connectivity index (χ1) is 15.4. The molecule has 2 aromatic carbocycles. The maximum atomic E-state index is 13.2. The number of benzene rings is 2. The lowest BCUT2D eigenvalue weighted by Crippen LogP contribution is -2.46. The normalized spacial score (nSPS) is 18.1. The lowest BCUT2D eigenvalue weighted by Gasteiger charge is -2.26. The average molecular weight is 462 g/mol. The maximum absolute atomic E-state index is 13.2. The zero-order chi connectivity index (χ0) is 24.4. The molecular weight excluding hydrogens is 444 g/mol. The molecule has 7 nitrogen and oxygen atoms in total. The fraction of sp³-hybridized carbons (Fsp3) is 0.273. The molecule has 1 aliphatic heterocycles. The van der Waals surface area contributed by atoms with Crippen molar-refractivity contribution in [1.29, 1.82) is 5.26 Å². The molecule has 0 aliphatic carbocycles. The SMILES string of the molecule is CC1(c2ccc(F)cc2)NC(=O)N(CC(=O)N(Cc2ccc(C#N)cc2)CC(F)(F)F)C1=O. The predicted octanol–water partition coefficient (Wildman–Crippen LogP) is 3.06. The summed E-state index contributed by atoms with van der Waals surface area (Å²) in [5.74, 6) is -2.50. The van der Waals surface area contributed by atoms with Crippen LogP contribution < -0.4 is 5.32 Å². The van der Waals surface area contributed by atoms with Gasteiger partial charge in [0.1, 0.15) is 24.4 Å². The van der Waals surface area contributed by atoms with Gasteiger partial charge >= 0.3 is 12.2 Å². The summed E-state index contributed by atoms with van der Waals surface area (Å²) in [5, 5.41) is 11.3. The largest absolute Gasteiger partial charge is 0.406 e. The van der Waals surface area contributed by atoms with E-state index in [-0.39, 0.29) is 5.56 Å². The van der Waals surface area contributed by atoms with Crippen LogP contribution >= 0.6 is 0 Å². The molecule has 1 atom stereocenters. The third-order valence-corrected chi connectivity index (χ3v) is 5.17. The first kappa shape index (κ1) is 23.7. The Hall–Kier alpha value is -3.94. The minimum atomic E-state index is -4.72. The zero-order valence-electron chi connectivity index (χ0n) is 17.3. The molecule has 2 aromatic rings. The van der Waals surface area contributed by atoms with E-state index in [1.54, 1.807) is 0 Å². The van der Waals surface area contributed by atoms with Crippen LogP contribution in [-0.2, 0) is 21.7 Å². The molecule has 1 saturated heterocycles. The summed E-state index contributed by atoms with van der Waals surface area (Å²) < 4.78 is 52.5. The Morgan fingerprint density at radius 3 is 2.27 bits per heavy atom. The Balaban J connectivity index is 1.80. The van der Waals surface area contributed by atoms with Gasteiger partial charge < -0.3 is 10.2 Å². The predicted molar refractivity (Wildman–Crippen MR) is 107 cm³/mol. The molecule has 1 aliphatic rings. The fourth-order valence-corrected chi connectivity index (χ4v) is 3.41. The Kier molecular flexibility index (Phi) is 6.39. The highest BCUT2D eigenvalue weighted by atomic mass is 19.4. The Morgan fingerprint density at radius 2 is 1.73 bits per heavy atom. The lowest BCUT2D eigenvalue weighted by molar-refractivity contribution is -0.163. The Morgan fingerprint density at radius 1 is 1.12 bits per heavy atom. The van der Waals surface area contributed by atoms with Gasteiger partial charge in [0.05, 0.1) is 11.6 Å². The number of alkyl halides is 3. The molecule has 0 aromatic heterocycles. The standard InChI is InChI=1S/C22H18F4N4O3/c1-21(16-6-8-17(23)9-7-16)19(32)30(20(33)28-21)12-18(31)29(13-22(24,25)26)11-15-4-2-14(10-27)3-5-15/h2-9H,11-13H2,1H3,(H,28,33). The highest BCUT2D eigenvalue weighted by molar-refractivity contribution is 6.09. The first-order valence-corrected chi connectivity index (χ1v) is 9.66. The number of urea groups is 1. The van der Waals surface area contributed by atoms with E-state index in [0.717, 1.165) is 12.1 Å². The average Bonchev–Trinajstić information content (AvgIpc) is 2.97. The number of carbonyl (C=O) groups excluding carboxylic acids is 3. The molecule has 172 valence electrons. The lowest BCUT2D eigenvalue weighted by atomic mass is 9.92. The van der Waals surface area contributed by atoms with Crippen LogP contribution in [0.3, 0.4) is 0 Å². The van der Waals surface area contributed by atoms with Crippen LogP contribution in [0.4, 0.5) is 22.4 Å². The molecule has 0 bridgehead atoms. The molecule has 33 heavy (non-hydrogen) atoms. The second kappa shape index (κ2) is 8.90. The van der Waals surface area contributed by atoms with Gasteiger partial charge in [-0.1, -0.05) is 24.3 Å². The van der Waals surface area contributed by atoms with Crippen LogP contribution in [0.2, 0.25) is 0 Å². The first-order valence-electron chi connectivity index (χ1n) is 9.66. The third kappa shape index (κ3) is 5.28. The van der Waals surface area contributed by atoms with Crippen LogP contribution in [0.1, 0.15) is 23.6 Å². The van der Waals surface area contributed by atoms with E-state index < -0.39 is 55.0 Å². The summed E-state index contributed by atoms with van der Waals surface area (Å²) in [7, 11) is 0. The van der Waals surface area contributed by atoms with Crippen LogP contribution in [0.5, 0.6) is 0 Å². The maximum Gasteiger partial charge on any atom is 0.406 e. The number of hydrogen-bond donors (Lipinski definition) is 1. The van der Waals surface area contributed by atoms with E-state index in [2.05, 4.69) is 5.32 Å². The van der Waals surface area contributed by atoms with Crippen LogP contribution in [-0.4, -0.2) is 46.9 Å². The van der Waals surface area contributed by atoms with Gasteiger partial charge in [0.25, 0.3) is 5.91 Å². The molecule has 11 heteroatoms.